The molecule has 0 aliphatic heterocycles. The third kappa shape index (κ3) is 1.56. The zero-order valence-electron chi connectivity index (χ0n) is 8.75. The van der Waals surface area contributed by atoms with Gasteiger partial charge >= 0.3 is 0 Å². The van der Waals surface area contributed by atoms with Gasteiger partial charge in [-0.05, 0) is 37.9 Å². The predicted octanol–water partition coefficient (Wildman–Crippen LogP) is 1.56. The van der Waals surface area contributed by atoms with Crippen molar-refractivity contribution >= 4 is 0 Å². The van der Waals surface area contributed by atoms with Gasteiger partial charge < -0.3 is 10.4 Å². The number of benzene rings is 1. The van der Waals surface area contributed by atoms with Gasteiger partial charge in [0.1, 0.15) is 0 Å². The third-order valence-electron chi connectivity index (χ3n) is 3.10. The van der Waals surface area contributed by atoms with Crippen molar-refractivity contribution in [1.82, 2.24) is 5.32 Å². The minimum atomic E-state index is -0.344. The van der Waals surface area contributed by atoms with Gasteiger partial charge in [0.25, 0.3) is 0 Å². The molecule has 1 aromatic rings. The van der Waals surface area contributed by atoms with Crippen LogP contribution < -0.4 is 5.32 Å². The molecule has 0 saturated heterocycles. The first-order chi connectivity index (χ1) is 6.72. The second kappa shape index (κ2) is 3.71. The molecule has 2 atom stereocenters. The fourth-order valence-electron chi connectivity index (χ4n) is 2.21. The van der Waals surface area contributed by atoms with Gasteiger partial charge in [0.05, 0.1) is 6.10 Å². The van der Waals surface area contributed by atoms with Gasteiger partial charge in [0.15, 0.2) is 0 Å². The van der Waals surface area contributed by atoms with E-state index < -0.39 is 0 Å². The quantitative estimate of drug-likeness (QED) is 0.706. The largest absolute Gasteiger partial charge is 0.387 e. The summed E-state index contributed by atoms with van der Waals surface area (Å²) in [7, 11) is 1.91. The van der Waals surface area contributed by atoms with Gasteiger partial charge in [-0.15, -0.1) is 0 Å². The van der Waals surface area contributed by atoms with Gasteiger partial charge in [-0.3, -0.25) is 0 Å². The van der Waals surface area contributed by atoms with Crippen molar-refractivity contribution in [1.29, 1.82) is 0 Å². The van der Waals surface area contributed by atoms with E-state index in [9.17, 15) is 5.11 Å². The molecule has 0 bridgehead atoms. The van der Waals surface area contributed by atoms with Crippen LogP contribution in [0.4, 0.5) is 0 Å². The maximum atomic E-state index is 10.1. The van der Waals surface area contributed by atoms with Crippen LogP contribution in [-0.4, -0.2) is 18.2 Å². The first-order valence-electron chi connectivity index (χ1n) is 5.17. The van der Waals surface area contributed by atoms with Gasteiger partial charge in [-0.2, -0.15) is 0 Å². The zero-order valence-corrected chi connectivity index (χ0v) is 8.75. The summed E-state index contributed by atoms with van der Waals surface area (Å²) in [5.41, 5.74) is 3.63. The lowest BCUT2D eigenvalue weighted by atomic mass is 9.85. The van der Waals surface area contributed by atoms with Crippen LogP contribution in [0.3, 0.4) is 0 Å². The average molecular weight is 191 g/mol. The van der Waals surface area contributed by atoms with Crippen LogP contribution in [0.15, 0.2) is 18.2 Å². The first kappa shape index (κ1) is 9.69. The van der Waals surface area contributed by atoms with E-state index in [2.05, 4.69) is 30.4 Å². The van der Waals surface area contributed by atoms with Crippen molar-refractivity contribution in [3.63, 3.8) is 0 Å². The summed E-state index contributed by atoms with van der Waals surface area (Å²) >= 11 is 0. The number of aliphatic hydroxyl groups excluding tert-OH is 1. The Morgan fingerprint density at radius 3 is 2.93 bits per heavy atom. The zero-order chi connectivity index (χ0) is 10.1. The van der Waals surface area contributed by atoms with Gasteiger partial charge in [0.2, 0.25) is 0 Å². The topological polar surface area (TPSA) is 32.3 Å². The van der Waals surface area contributed by atoms with Crippen molar-refractivity contribution in [3.05, 3.63) is 34.9 Å². The first-order valence-corrected chi connectivity index (χ1v) is 5.17. The molecule has 2 heteroatoms. The Morgan fingerprint density at radius 1 is 1.43 bits per heavy atom. The molecule has 0 saturated carbocycles. The highest BCUT2D eigenvalue weighted by atomic mass is 16.3. The van der Waals surface area contributed by atoms with Crippen LogP contribution in [-0.2, 0) is 6.42 Å². The summed E-state index contributed by atoms with van der Waals surface area (Å²) in [5, 5.41) is 13.2. The summed E-state index contributed by atoms with van der Waals surface area (Å²) in [4.78, 5) is 0. The number of aliphatic hydroxyl groups is 1. The number of likely N-dealkylation sites (N-methyl/N-ethyl adjacent to an activating group) is 1. The number of fused-ring (bicyclic) bond motifs is 1. The number of nitrogens with one attached hydrogen (secondary N) is 1. The average Bonchev–Trinajstić information content (AvgIpc) is 2.20. The second-order valence-electron chi connectivity index (χ2n) is 4.08. The van der Waals surface area contributed by atoms with Gasteiger partial charge in [-0.1, -0.05) is 23.8 Å². The highest BCUT2D eigenvalue weighted by Crippen LogP contribution is 2.30. The maximum Gasteiger partial charge on any atom is 0.0945 e. The molecule has 1 aliphatic carbocycles. The molecule has 2 rings (SSSR count). The van der Waals surface area contributed by atoms with E-state index in [4.69, 9.17) is 0 Å². The van der Waals surface area contributed by atoms with E-state index in [-0.39, 0.29) is 12.1 Å². The monoisotopic (exact) mass is 191 g/mol. The lowest BCUT2D eigenvalue weighted by Gasteiger charge is -2.30. The van der Waals surface area contributed by atoms with Crippen LogP contribution in [0.5, 0.6) is 0 Å². The summed E-state index contributed by atoms with van der Waals surface area (Å²) in [6, 6.07) is 6.57. The minimum absolute atomic E-state index is 0.212. The summed E-state index contributed by atoms with van der Waals surface area (Å²) < 4.78 is 0. The fourth-order valence-corrected chi connectivity index (χ4v) is 2.21. The number of hydrogen-bond donors (Lipinski definition) is 2. The van der Waals surface area contributed by atoms with E-state index in [0.29, 0.717) is 0 Å². The van der Waals surface area contributed by atoms with E-state index >= 15 is 0 Å². The third-order valence-corrected chi connectivity index (χ3v) is 3.10. The van der Waals surface area contributed by atoms with Crippen LogP contribution >= 0.6 is 0 Å². The van der Waals surface area contributed by atoms with Gasteiger partial charge in [0, 0.05) is 6.04 Å². The molecular weight excluding hydrogens is 174 g/mol. The Labute approximate surface area is 85.0 Å². The molecule has 1 aromatic carbocycles. The van der Waals surface area contributed by atoms with E-state index in [1.165, 1.54) is 11.1 Å². The molecule has 76 valence electrons. The molecule has 14 heavy (non-hydrogen) atoms. The fraction of sp³-hybridized carbons (Fsp3) is 0.500. The summed E-state index contributed by atoms with van der Waals surface area (Å²) in [5.74, 6) is 0. The number of hydrogen-bond acceptors (Lipinski definition) is 2. The summed E-state index contributed by atoms with van der Waals surface area (Å²) in [6.45, 7) is 2.07. The Morgan fingerprint density at radius 2 is 2.21 bits per heavy atom. The Bertz CT molecular complexity index is 335. The van der Waals surface area contributed by atoms with E-state index in [0.717, 1.165) is 18.4 Å². The predicted molar refractivity (Wildman–Crippen MR) is 57.3 cm³/mol. The molecule has 2 unspecified atom stereocenters. The smallest absolute Gasteiger partial charge is 0.0945 e. The Kier molecular flexibility index (Phi) is 2.57. The minimum Gasteiger partial charge on any atom is -0.387 e. The highest BCUT2D eigenvalue weighted by Gasteiger charge is 2.26. The molecular formula is C12H17NO. The standard InChI is InChI=1S/C12H17NO/c1-8-3-4-9-5-6-11(13-2)12(14)10(9)7-8/h3-4,7,11-14H,5-6H2,1-2H3. The Hall–Kier alpha value is -0.860. The second-order valence-corrected chi connectivity index (χ2v) is 4.08. The van der Waals surface area contributed by atoms with E-state index in [1.807, 2.05) is 7.05 Å². The van der Waals surface area contributed by atoms with Gasteiger partial charge in [-0.25, -0.2) is 0 Å². The maximum absolute atomic E-state index is 10.1. The lowest BCUT2D eigenvalue weighted by molar-refractivity contribution is 0.119. The molecule has 0 aromatic heterocycles. The van der Waals surface area contributed by atoms with Crippen LogP contribution in [0, 0.1) is 6.92 Å². The SMILES string of the molecule is CNC1CCc2ccc(C)cc2C1O. The van der Waals surface area contributed by atoms with Crippen molar-refractivity contribution in [2.24, 2.45) is 0 Å². The molecule has 0 radical (unpaired) electrons. The van der Waals surface area contributed by atoms with E-state index in [1.54, 1.807) is 0 Å². The number of aryl methyl sites for hydroxylation is 2. The van der Waals surface area contributed by atoms with Crippen LogP contribution in [0.1, 0.15) is 29.2 Å². The lowest BCUT2D eigenvalue weighted by Crippen LogP contribution is -2.35. The Balaban J connectivity index is 2.38. The number of rotatable bonds is 1. The van der Waals surface area contributed by atoms with Crippen molar-refractivity contribution in [3.8, 4) is 0 Å². The molecule has 0 spiro atoms. The van der Waals surface area contributed by atoms with Crippen LogP contribution in [0.25, 0.3) is 0 Å². The normalized spacial score (nSPS) is 25.9. The summed E-state index contributed by atoms with van der Waals surface area (Å²) in [6.07, 6.45) is 1.75. The highest BCUT2D eigenvalue weighted by molar-refractivity contribution is 5.36. The molecule has 2 N–H and O–H groups in total. The van der Waals surface area contributed by atoms with Crippen molar-refractivity contribution in [2.45, 2.75) is 31.9 Å². The van der Waals surface area contributed by atoms with Crippen molar-refractivity contribution in [2.75, 3.05) is 7.05 Å². The van der Waals surface area contributed by atoms with Crippen LogP contribution in [0.2, 0.25) is 0 Å². The van der Waals surface area contributed by atoms with Crippen molar-refractivity contribution < 1.29 is 5.11 Å². The molecule has 0 fully saturated rings. The molecule has 1 aliphatic rings. The molecule has 0 amide bonds. The molecule has 2 nitrogen and oxygen atoms in total. The molecule has 0 heterocycles.